The third-order valence-corrected chi connectivity index (χ3v) is 10.3. The fraction of sp³-hybridized carbons (Fsp3) is 0.880. The Morgan fingerprint density at radius 1 is 1.16 bits per heavy atom. The van der Waals surface area contributed by atoms with Crippen LogP contribution in [0.15, 0.2) is 0 Å². The van der Waals surface area contributed by atoms with E-state index in [2.05, 4.69) is 20.8 Å². The smallest absolute Gasteiger partial charge is 0.308 e. The number of ketones is 1. The molecule has 3 saturated carbocycles. The van der Waals surface area contributed by atoms with Crippen molar-refractivity contribution in [2.45, 2.75) is 84.2 Å². The van der Waals surface area contributed by atoms with Crippen LogP contribution in [0.4, 0.5) is 0 Å². The van der Waals surface area contributed by atoms with Crippen LogP contribution >= 0.6 is 0 Å². The molecule has 8 atom stereocenters. The Morgan fingerprint density at radius 2 is 1.87 bits per heavy atom. The summed E-state index contributed by atoms with van der Waals surface area (Å²) in [5.41, 5.74) is -0.564. The molecular formula is C25H38O6. The van der Waals surface area contributed by atoms with Crippen molar-refractivity contribution >= 4 is 17.7 Å². The molecule has 3 aliphatic carbocycles. The molecular weight excluding hydrogens is 396 g/mol. The summed E-state index contributed by atoms with van der Waals surface area (Å²) in [7, 11) is 1.48. The molecule has 0 aromatic rings. The number of rotatable bonds is 5. The highest BCUT2D eigenvalue weighted by molar-refractivity contribution is 5.79. The van der Waals surface area contributed by atoms with E-state index in [-0.39, 0.29) is 51.9 Å². The zero-order valence-electron chi connectivity index (χ0n) is 19.4. The predicted molar refractivity (Wildman–Crippen MR) is 114 cm³/mol. The zero-order valence-corrected chi connectivity index (χ0v) is 19.4. The molecule has 0 aromatic carbocycles. The van der Waals surface area contributed by atoms with Crippen LogP contribution in [0.1, 0.15) is 78.6 Å². The van der Waals surface area contributed by atoms with Gasteiger partial charge in [-0.2, -0.15) is 0 Å². The Morgan fingerprint density at radius 3 is 2.48 bits per heavy atom. The lowest BCUT2D eigenvalue weighted by molar-refractivity contribution is -0.187. The van der Waals surface area contributed by atoms with Gasteiger partial charge in [0.15, 0.2) is 5.78 Å². The predicted octanol–water partition coefficient (Wildman–Crippen LogP) is 3.68. The second-order valence-corrected chi connectivity index (χ2v) is 11.2. The fourth-order valence-corrected chi connectivity index (χ4v) is 8.32. The summed E-state index contributed by atoms with van der Waals surface area (Å²) in [6.45, 7) is 6.38. The van der Waals surface area contributed by atoms with Gasteiger partial charge >= 0.3 is 11.9 Å². The van der Waals surface area contributed by atoms with Crippen molar-refractivity contribution in [1.82, 2.24) is 0 Å². The average molecular weight is 435 g/mol. The first-order valence-corrected chi connectivity index (χ1v) is 12.0. The number of aliphatic hydroxyl groups excluding tert-OH is 1. The van der Waals surface area contributed by atoms with Crippen LogP contribution < -0.4 is 0 Å². The Kier molecular flexibility index (Phi) is 5.77. The molecule has 4 unspecified atom stereocenters. The average Bonchev–Trinajstić information content (AvgIpc) is 3.28. The molecule has 31 heavy (non-hydrogen) atoms. The highest BCUT2D eigenvalue weighted by Crippen LogP contribution is 2.70. The van der Waals surface area contributed by atoms with Crippen molar-refractivity contribution in [3.05, 3.63) is 0 Å². The summed E-state index contributed by atoms with van der Waals surface area (Å²) in [4.78, 5) is 37.0. The quantitative estimate of drug-likeness (QED) is 0.664. The maximum Gasteiger partial charge on any atom is 0.308 e. The molecule has 1 aliphatic heterocycles. The number of hydrogen-bond acceptors (Lipinski definition) is 6. The van der Waals surface area contributed by atoms with E-state index in [9.17, 15) is 19.5 Å². The molecule has 0 bridgehead atoms. The van der Waals surface area contributed by atoms with Crippen LogP contribution in [0, 0.1) is 40.4 Å². The van der Waals surface area contributed by atoms with Crippen LogP contribution in [0.5, 0.6) is 0 Å². The summed E-state index contributed by atoms with van der Waals surface area (Å²) in [5, 5.41) is 9.24. The molecule has 0 radical (unpaired) electrons. The summed E-state index contributed by atoms with van der Waals surface area (Å²) in [6.07, 6.45) is 6.97. The molecule has 1 N–H and O–H groups in total. The molecule has 0 aromatic heterocycles. The minimum Gasteiger partial charge on any atom is -0.469 e. The Labute approximate surface area is 185 Å². The molecule has 4 aliphatic rings. The van der Waals surface area contributed by atoms with Crippen LogP contribution in [-0.2, 0) is 23.9 Å². The van der Waals surface area contributed by atoms with E-state index >= 15 is 0 Å². The van der Waals surface area contributed by atoms with Gasteiger partial charge in [-0.15, -0.1) is 0 Å². The van der Waals surface area contributed by atoms with Gasteiger partial charge in [-0.05, 0) is 74.0 Å². The van der Waals surface area contributed by atoms with Gasteiger partial charge < -0.3 is 14.6 Å². The lowest BCUT2D eigenvalue weighted by Crippen LogP contribution is -2.58. The Bertz CT molecular complexity index is 763. The second-order valence-electron chi connectivity index (χ2n) is 11.2. The number of Topliss-reactive ketones (excluding diaryl/α,β-unsaturated/α-hetero) is 1. The maximum atomic E-state index is 13.0. The van der Waals surface area contributed by atoms with E-state index < -0.39 is 6.61 Å². The normalized spacial score (nSPS) is 46.4. The molecule has 4 rings (SSSR count). The molecule has 6 heteroatoms. The number of carbonyl (C=O) groups is 3. The van der Waals surface area contributed by atoms with Crippen molar-refractivity contribution in [3.8, 4) is 0 Å². The summed E-state index contributed by atoms with van der Waals surface area (Å²) < 4.78 is 11.3. The van der Waals surface area contributed by atoms with Crippen LogP contribution in [0.3, 0.4) is 0 Å². The minimum absolute atomic E-state index is 0.0660. The van der Waals surface area contributed by atoms with Crippen LogP contribution in [0.25, 0.3) is 0 Å². The zero-order chi connectivity index (χ0) is 22.6. The largest absolute Gasteiger partial charge is 0.469 e. The number of fused-ring (bicyclic) bond motifs is 4. The lowest BCUT2D eigenvalue weighted by atomic mass is 9.43. The van der Waals surface area contributed by atoms with Crippen molar-refractivity contribution in [2.75, 3.05) is 13.7 Å². The molecule has 4 fully saturated rings. The Hall–Kier alpha value is -1.43. The van der Waals surface area contributed by atoms with E-state index in [1.54, 1.807) is 0 Å². The number of ether oxygens (including phenoxy) is 2. The van der Waals surface area contributed by atoms with Crippen LogP contribution in [-0.4, -0.2) is 42.1 Å². The summed E-state index contributed by atoms with van der Waals surface area (Å²) in [5.74, 6) is 0.617. The van der Waals surface area contributed by atoms with Crippen molar-refractivity contribution in [1.29, 1.82) is 0 Å². The standard InChI is InChI=1S/C25H38O6/c1-15-13-17(22(29)30-4)21-18(23(15,2)9-5-16(27)14-26)6-10-24(3)19(21)7-11-25(24)12-8-20(28)31-25/h15,17-19,21,26H,5-14H2,1-4H3/t15?,17-,18?,19?,21?,23+,24+,25-/m1/s1. The van der Waals surface area contributed by atoms with Gasteiger partial charge in [-0.25, -0.2) is 0 Å². The van der Waals surface area contributed by atoms with Gasteiger partial charge in [0.2, 0.25) is 0 Å². The van der Waals surface area contributed by atoms with Crippen molar-refractivity contribution in [2.24, 2.45) is 40.4 Å². The van der Waals surface area contributed by atoms with Gasteiger partial charge in [0.05, 0.1) is 13.0 Å². The first-order chi connectivity index (χ1) is 14.6. The first-order valence-electron chi connectivity index (χ1n) is 12.0. The van der Waals surface area contributed by atoms with Gasteiger partial charge in [-0.3, -0.25) is 14.4 Å². The highest BCUT2D eigenvalue weighted by Gasteiger charge is 2.69. The number of methoxy groups -OCH3 is 1. The minimum atomic E-state index is -0.405. The third-order valence-electron chi connectivity index (χ3n) is 10.3. The summed E-state index contributed by atoms with van der Waals surface area (Å²) >= 11 is 0. The van der Waals surface area contributed by atoms with E-state index in [0.717, 1.165) is 44.9 Å². The topological polar surface area (TPSA) is 89.9 Å². The van der Waals surface area contributed by atoms with Crippen LogP contribution in [0.2, 0.25) is 0 Å². The van der Waals surface area contributed by atoms with E-state index in [0.29, 0.717) is 24.7 Å². The number of esters is 2. The SMILES string of the molecule is COC(=O)[C@@H]1CC(C)[C@](C)(CCC(=O)CO)C2CC[C@@]3(C)C(CC[C@@]34CCC(=O)O4)C21. The van der Waals surface area contributed by atoms with E-state index in [4.69, 9.17) is 9.47 Å². The molecule has 0 amide bonds. The van der Waals surface area contributed by atoms with Gasteiger partial charge in [0, 0.05) is 18.3 Å². The van der Waals surface area contributed by atoms with Crippen molar-refractivity contribution in [3.63, 3.8) is 0 Å². The second kappa shape index (κ2) is 7.86. The molecule has 1 saturated heterocycles. The van der Waals surface area contributed by atoms with E-state index in [1.165, 1.54) is 7.11 Å². The van der Waals surface area contributed by atoms with Gasteiger partial charge in [-0.1, -0.05) is 20.8 Å². The lowest BCUT2D eigenvalue weighted by Gasteiger charge is -2.61. The van der Waals surface area contributed by atoms with Gasteiger partial charge in [0.25, 0.3) is 0 Å². The van der Waals surface area contributed by atoms with Gasteiger partial charge in [0.1, 0.15) is 12.2 Å². The molecule has 6 nitrogen and oxygen atoms in total. The number of aliphatic hydroxyl groups is 1. The first kappa shape index (κ1) is 22.8. The fourth-order valence-electron chi connectivity index (χ4n) is 8.32. The number of carbonyl (C=O) groups excluding carboxylic acids is 3. The highest BCUT2D eigenvalue weighted by atomic mass is 16.6. The molecule has 174 valence electrons. The number of hydrogen-bond donors (Lipinski definition) is 1. The molecule has 1 heterocycles. The Balaban J connectivity index is 1.70. The van der Waals surface area contributed by atoms with E-state index in [1.807, 2.05) is 0 Å². The monoisotopic (exact) mass is 434 g/mol. The van der Waals surface area contributed by atoms with Crippen molar-refractivity contribution < 1.29 is 29.0 Å². The summed E-state index contributed by atoms with van der Waals surface area (Å²) in [6, 6.07) is 0. The third kappa shape index (κ3) is 3.27. The molecule has 1 spiro atoms. The maximum absolute atomic E-state index is 13.0.